The number of thioether (sulfide) groups is 1. The van der Waals surface area contributed by atoms with Crippen LogP contribution in [0.25, 0.3) is 17.2 Å². The number of amides is 1. The van der Waals surface area contributed by atoms with Crippen LogP contribution in [-0.4, -0.2) is 54.6 Å². The minimum absolute atomic E-state index is 0.192. The van der Waals surface area contributed by atoms with Crippen molar-refractivity contribution in [1.82, 2.24) is 10.2 Å². The minimum atomic E-state index is -0.192. The van der Waals surface area contributed by atoms with Gasteiger partial charge in [0.05, 0.1) is 18.1 Å². The van der Waals surface area contributed by atoms with Crippen molar-refractivity contribution in [1.29, 1.82) is 0 Å². The normalized spacial score (nSPS) is 18.5. The molecule has 0 atom stereocenters. The molecular weight excluding hydrogens is 475 g/mol. The average Bonchev–Trinajstić information content (AvgIpc) is 3.08. The second kappa shape index (κ2) is 10.3. The molecule has 2 aliphatic heterocycles. The molecule has 5 nitrogen and oxygen atoms in total. The molecule has 0 radical (unpaired) electrons. The molecule has 1 N–H and O–H groups in total. The number of ether oxygens (including phenoxy) is 2. The average molecular weight is 495 g/mol. The molecule has 31 heavy (non-hydrogen) atoms. The van der Waals surface area contributed by atoms with Crippen molar-refractivity contribution in [2.75, 3.05) is 39.5 Å². The van der Waals surface area contributed by atoms with Crippen LogP contribution >= 0.6 is 47.2 Å². The molecule has 0 unspecified atom stereocenters. The van der Waals surface area contributed by atoms with E-state index in [1.54, 1.807) is 18.2 Å². The van der Waals surface area contributed by atoms with Gasteiger partial charge in [0, 0.05) is 40.8 Å². The highest BCUT2D eigenvalue weighted by Gasteiger charge is 2.22. The van der Waals surface area contributed by atoms with Crippen LogP contribution in [-0.2, 0) is 9.53 Å². The second-order valence-corrected chi connectivity index (χ2v) is 9.60. The molecule has 2 saturated heterocycles. The lowest BCUT2D eigenvalue weighted by molar-refractivity contribution is -0.115. The first-order valence-corrected chi connectivity index (χ1v) is 11.7. The van der Waals surface area contributed by atoms with E-state index in [-0.39, 0.29) is 5.91 Å². The van der Waals surface area contributed by atoms with Crippen molar-refractivity contribution >= 4 is 63.5 Å². The van der Waals surface area contributed by atoms with Gasteiger partial charge in [0.1, 0.15) is 16.7 Å². The van der Waals surface area contributed by atoms with Gasteiger partial charge in [-0.05, 0) is 42.0 Å². The monoisotopic (exact) mass is 494 g/mol. The van der Waals surface area contributed by atoms with Crippen molar-refractivity contribution in [3.05, 3.63) is 56.9 Å². The van der Waals surface area contributed by atoms with Crippen LogP contribution in [0, 0.1) is 0 Å². The number of morpholine rings is 1. The van der Waals surface area contributed by atoms with E-state index < -0.39 is 0 Å². The molecule has 1 amide bonds. The van der Waals surface area contributed by atoms with E-state index in [1.807, 2.05) is 24.3 Å². The van der Waals surface area contributed by atoms with Gasteiger partial charge in [-0.25, -0.2) is 0 Å². The first-order valence-electron chi connectivity index (χ1n) is 9.77. The SMILES string of the molecule is O=C1NC(=S)S/C1=C\c1ccc(OCCN2CCOCC2)c(-c2cc(Cl)ccc2Cl)c1. The van der Waals surface area contributed by atoms with Crippen LogP contribution < -0.4 is 10.1 Å². The van der Waals surface area contributed by atoms with E-state index in [1.165, 1.54) is 11.8 Å². The maximum Gasteiger partial charge on any atom is 0.263 e. The summed E-state index contributed by atoms with van der Waals surface area (Å²) in [6.07, 6.45) is 1.80. The van der Waals surface area contributed by atoms with Crippen LogP contribution in [0.4, 0.5) is 0 Å². The highest BCUT2D eigenvalue weighted by Crippen LogP contribution is 2.38. The second-order valence-electron chi connectivity index (χ2n) is 7.03. The fourth-order valence-electron chi connectivity index (χ4n) is 3.36. The van der Waals surface area contributed by atoms with Crippen molar-refractivity contribution in [2.24, 2.45) is 0 Å². The van der Waals surface area contributed by atoms with Crippen molar-refractivity contribution in [2.45, 2.75) is 0 Å². The summed E-state index contributed by atoms with van der Waals surface area (Å²) >= 11 is 19.0. The molecule has 2 fully saturated rings. The topological polar surface area (TPSA) is 50.8 Å². The number of hydrogen-bond donors (Lipinski definition) is 1. The predicted molar refractivity (Wildman–Crippen MR) is 131 cm³/mol. The smallest absolute Gasteiger partial charge is 0.263 e. The Morgan fingerprint density at radius 1 is 1.16 bits per heavy atom. The van der Waals surface area contributed by atoms with E-state index >= 15 is 0 Å². The van der Waals surface area contributed by atoms with E-state index in [4.69, 9.17) is 44.9 Å². The molecule has 0 aromatic heterocycles. The number of hydrogen-bond acceptors (Lipinski definition) is 6. The Balaban J connectivity index is 1.62. The number of nitrogens with zero attached hydrogens (tertiary/aromatic N) is 1. The van der Waals surface area contributed by atoms with Crippen LogP contribution in [0.1, 0.15) is 5.56 Å². The molecular formula is C22H20Cl2N2O3S2. The number of nitrogens with one attached hydrogen (secondary N) is 1. The maximum atomic E-state index is 12.0. The Hall–Kier alpha value is -1.61. The number of rotatable bonds is 6. The molecule has 2 aliphatic rings. The standard InChI is InChI=1S/C22H20Cl2N2O3S2/c23-15-2-3-18(24)16(13-15)17-11-14(12-20-21(27)25-22(30)31-20)1-4-19(17)29-10-7-26-5-8-28-9-6-26/h1-4,11-13H,5-10H2,(H,25,27,30)/b20-12-. The summed E-state index contributed by atoms with van der Waals surface area (Å²) in [6, 6.07) is 11.1. The van der Waals surface area contributed by atoms with Crippen molar-refractivity contribution < 1.29 is 14.3 Å². The lowest BCUT2D eigenvalue weighted by Crippen LogP contribution is -2.38. The van der Waals surface area contributed by atoms with Gasteiger partial charge in [0.15, 0.2) is 0 Å². The van der Waals surface area contributed by atoms with E-state index in [0.717, 1.165) is 49.5 Å². The van der Waals surface area contributed by atoms with Gasteiger partial charge in [-0.15, -0.1) is 0 Å². The third kappa shape index (κ3) is 5.80. The van der Waals surface area contributed by atoms with Crippen LogP contribution in [0.2, 0.25) is 10.0 Å². The molecule has 0 bridgehead atoms. The summed E-state index contributed by atoms with van der Waals surface area (Å²) < 4.78 is 12.0. The number of carbonyl (C=O) groups excluding carboxylic acids is 1. The fraction of sp³-hybridized carbons (Fsp3) is 0.273. The highest BCUT2D eigenvalue weighted by molar-refractivity contribution is 8.26. The highest BCUT2D eigenvalue weighted by atomic mass is 35.5. The Bertz CT molecular complexity index is 1040. The van der Waals surface area contributed by atoms with Gasteiger partial charge in [-0.1, -0.05) is 53.2 Å². The molecule has 4 rings (SSSR count). The molecule has 2 heterocycles. The number of thiocarbonyl (C=S) groups is 1. The third-order valence-electron chi connectivity index (χ3n) is 4.93. The largest absolute Gasteiger partial charge is 0.492 e. The van der Waals surface area contributed by atoms with E-state index in [0.29, 0.717) is 31.6 Å². The number of carbonyl (C=O) groups is 1. The van der Waals surface area contributed by atoms with Crippen LogP contribution in [0.5, 0.6) is 5.75 Å². The molecule has 2 aromatic rings. The van der Waals surface area contributed by atoms with Crippen molar-refractivity contribution in [3.8, 4) is 16.9 Å². The summed E-state index contributed by atoms with van der Waals surface area (Å²) in [7, 11) is 0. The number of halogens is 2. The van der Waals surface area contributed by atoms with Crippen LogP contribution in [0.3, 0.4) is 0 Å². The summed E-state index contributed by atoms with van der Waals surface area (Å²) in [5.74, 6) is 0.516. The van der Waals surface area contributed by atoms with E-state index in [9.17, 15) is 4.79 Å². The van der Waals surface area contributed by atoms with Gasteiger partial charge in [-0.3, -0.25) is 9.69 Å². The van der Waals surface area contributed by atoms with E-state index in [2.05, 4.69) is 10.2 Å². The Morgan fingerprint density at radius 3 is 2.71 bits per heavy atom. The number of benzene rings is 2. The minimum Gasteiger partial charge on any atom is -0.492 e. The Kier molecular flexibility index (Phi) is 7.53. The zero-order valence-corrected chi connectivity index (χ0v) is 19.7. The summed E-state index contributed by atoms with van der Waals surface area (Å²) in [6.45, 7) is 4.67. The van der Waals surface area contributed by atoms with Gasteiger partial charge >= 0.3 is 0 Å². The summed E-state index contributed by atoms with van der Waals surface area (Å²) in [5.41, 5.74) is 2.43. The van der Waals surface area contributed by atoms with Crippen LogP contribution in [0.15, 0.2) is 41.3 Å². The molecule has 0 spiro atoms. The zero-order chi connectivity index (χ0) is 21.8. The summed E-state index contributed by atoms with van der Waals surface area (Å²) in [4.78, 5) is 14.9. The predicted octanol–water partition coefficient (Wildman–Crippen LogP) is 4.86. The lowest BCUT2D eigenvalue weighted by atomic mass is 10.0. The molecule has 162 valence electrons. The molecule has 2 aromatic carbocycles. The van der Waals surface area contributed by atoms with Gasteiger partial charge < -0.3 is 14.8 Å². The lowest BCUT2D eigenvalue weighted by Gasteiger charge is -2.26. The quantitative estimate of drug-likeness (QED) is 0.457. The molecule has 0 aliphatic carbocycles. The van der Waals surface area contributed by atoms with Crippen molar-refractivity contribution in [3.63, 3.8) is 0 Å². The zero-order valence-electron chi connectivity index (χ0n) is 16.5. The van der Waals surface area contributed by atoms with Gasteiger partial charge in [0.2, 0.25) is 0 Å². The first-order chi connectivity index (χ1) is 15.0. The maximum absolute atomic E-state index is 12.0. The Labute approximate surface area is 200 Å². The first kappa shape index (κ1) is 22.6. The third-order valence-corrected chi connectivity index (χ3v) is 6.66. The van der Waals surface area contributed by atoms with Gasteiger partial charge in [0.25, 0.3) is 5.91 Å². The molecule has 9 heteroatoms. The molecule has 0 saturated carbocycles. The van der Waals surface area contributed by atoms with Gasteiger partial charge in [-0.2, -0.15) is 0 Å². The summed E-state index contributed by atoms with van der Waals surface area (Å²) in [5, 5.41) is 3.78. The Morgan fingerprint density at radius 2 is 1.97 bits per heavy atom. The fourth-order valence-corrected chi connectivity index (χ4v) is 4.80.